The highest BCUT2D eigenvalue weighted by molar-refractivity contribution is 5.81. The van der Waals surface area contributed by atoms with E-state index >= 15 is 0 Å². The van der Waals surface area contributed by atoms with Crippen molar-refractivity contribution < 1.29 is 9.59 Å². The monoisotopic (exact) mass is 401 g/mol. The van der Waals surface area contributed by atoms with E-state index in [1.165, 1.54) is 5.56 Å². The maximum atomic E-state index is 12.7. The van der Waals surface area contributed by atoms with Crippen LogP contribution in [0.2, 0.25) is 0 Å². The first kappa shape index (κ1) is 21.6. The highest BCUT2D eigenvalue weighted by Gasteiger charge is 2.29. The van der Waals surface area contributed by atoms with Gasteiger partial charge in [-0.05, 0) is 32.3 Å². The van der Waals surface area contributed by atoms with Crippen LogP contribution < -0.4 is 10.6 Å². The molecule has 1 aromatic rings. The highest BCUT2D eigenvalue weighted by Crippen LogP contribution is 2.15. The van der Waals surface area contributed by atoms with Gasteiger partial charge in [-0.15, -0.1) is 0 Å². The number of piperidine rings is 1. The van der Waals surface area contributed by atoms with Gasteiger partial charge in [0.05, 0.1) is 6.04 Å². The molecule has 0 aromatic heterocycles. The molecular formula is C22H35N5O2. The second-order valence-electron chi connectivity index (χ2n) is 8.08. The minimum absolute atomic E-state index is 0.00785. The Morgan fingerprint density at radius 1 is 1.03 bits per heavy atom. The van der Waals surface area contributed by atoms with Gasteiger partial charge in [-0.3, -0.25) is 14.6 Å². The summed E-state index contributed by atoms with van der Waals surface area (Å²) in [5, 5.41) is 6.09. The Bertz CT molecular complexity index is 652. The van der Waals surface area contributed by atoms with E-state index in [0.29, 0.717) is 19.6 Å². The number of benzene rings is 1. The average Bonchev–Trinajstić information content (AvgIpc) is 2.75. The molecule has 0 spiro atoms. The number of amides is 3. The number of hydrogen-bond acceptors (Lipinski definition) is 4. The number of likely N-dealkylation sites (tertiary alicyclic amines) is 1. The zero-order valence-corrected chi connectivity index (χ0v) is 17.8. The fourth-order valence-corrected chi connectivity index (χ4v) is 4.14. The van der Waals surface area contributed by atoms with Gasteiger partial charge in [-0.1, -0.05) is 30.3 Å². The van der Waals surface area contributed by atoms with Crippen LogP contribution in [0, 0.1) is 0 Å². The van der Waals surface area contributed by atoms with E-state index in [1.54, 1.807) is 0 Å². The Hall–Kier alpha value is -2.12. The van der Waals surface area contributed by atoms with Crippen molar-refractivity contribution in [1.29, 1.82) is 0 Å². The summed E-state index contributed by atoms with van der Waals surface area (Å²) in [5.74, 6) is 0.109. The van der Waals surface area contributed by atoms with Crippen LogP contribution in [0.25, 0.3) is 0 Å². The minimum Gasteiger partial charge on any atom is -0.352 e. The summed E-state index contributed by atoms with van der Waals surface area (Å²) in [5.41, 5.74) is 1.34. The lowest BCUT2D eigenvalue weighted by Crippen LogP contribution is -2.57. The molecular weight excluding hydrogens is 366 g/mol. The van der Waals surface area contributed by atoms with Crippen molar-refractivity contribution >= 4 is 11.9 Å². The molecule has 0 saturated carbocycles. The molecule has 2 aliphatic heterocycles. The predicted molar refractivity (Wildman–Crippen MR) is 115 cm³/mol. The number of urea groups is 1. The fraction of sp³-hybridized carbons (Fsp3) is 0.636. The molecule has 0 bridgehead atoms. The molecule has 7 heteroatoms. The van der Waals surface area contributed by atoms with Crippen molar-refractivity contribution in [3.05, 3.63) is 35.9 Å². The van der Waals surface area contributed by atoms with E-state index in [9.17, 15) is 9.59 Å². The lowest BCUT2D eigenvalue weighted by molar-refractivity contribution is -0.127. The summed E-state index contributed by atoms with van der Waals surface area (Å²) in [7, 11) is 0. The fourth-order valence-electron chi connectivity index (χ4n) is 4.14. The van der Waals surface area contributed by atoms with Gasteiger partial charge in [0, 0.05) is 58.4 Å². The standard InChI is InChI=1S/C22H35N5O2/c1-3-23-22(29)27-15-13-26(14-16-27)18(2)21(28)24-20-9-11-25(12-10-20)17-19-7-5-4-6-8-19/h4-8,18,20H,3,9-17H2,1-2H3,(H,23,29)(H,24,28). The SMILES string of the molecule is CCNC(=O)N1CCN(C(C)C(=O)NC2CCN(Cc3ccccc3)CC2)CC1. The third kappa shape index (κ3) is 6.18. The summed E-state index contributed by atoms with van der Waals surface area (Å²) < 4.78 is 0. The van der Waals surface area contributed by atoms with E-state index in [2.05, 4.69) is 44.7 Å². The summed E-state index contributed by atoms with van der Waals surface area (Å²) in [6.45, 7) is 10.4. The molecule has 0 radical (unpaired) electrons. The molecule has 7 nitrogen and oxygen atoms in total. The molecule has 2 saturated heterocycles. The second-order valence-corrected chi connectivity index (χ2v) is 8.08. The van der Waals surface area contributed by atoms with Crippen molar-refractivity contribution in [3.8, 4) is 0 Å². The van der Waals surface area contributed by atoms with Crippen molar-refractivity contribution in [1.82, 2.24) is 25.3 Å². The number of piperazine rings is 1. The van der Waals surface area contributed by atoms with E-state index in [4.69, 9.17) is 0 Å². The van der Waals surface area contributed by atoms with Gasteiger partial charge in [0.2, 0.25) is 5.91 Å². The third-order valence-corrected chi connectivity index (χ3v) is 6.04. The second kappa shape index (κ2) is 10.6. The number of nitrogens with one attached hydrogen (secondary N) is 2. The molecule has 29 heavy (non-hydrogen) atoms. The number of carbonyl (C=O) groups is 2. The topological polar surface area (TPSA) is 67.9 Å². The number of hydrogen-bond donors (Lipinski definition) is 2. The molecule has 2 fully saturated rings. The number of nitrogens with zero attached hydrogens (tertiary/aromatic N) is 3. The molecule has 2 aliphatic rings. The van der Waals surface area contributed by atoms with Crippen LogP contribution in [0.15, 0.2) is 30.3 Å². The molecule has 3 rings (SSSR count). The highest BCUT2D eigenvalue weighted by atomic mass is 16.2. The van der Waals surface area contributed by atoms with Gasteiger partial charge in [0.25, 0.3) is 0 Å². The van der Waals surface area contributed by atoms with Gasteiger partial charge < -0.3 is 15.5 Å². The largest absolute Gasteiger partial charge is 0.352 e. The van der Waals surface area contributed by atoms with Crippen molar-refractivity contribution in [2.24, 2.45) is 0 Å². The van der Waals surface area contributed by atoms with Crippen molar-refractivity contribution in [3.63, 3.8) is 0 Å². The van der Waals surface area contributed by atoms with Crippen LogP contribution in [-0.2, 0) is 11.3 Å². The first-order valence-corrected chi connectivity index (χ1v) is 10.9. The van der Waals surface area contributed by atoms with Crippen molar-refractivity contribution in [2.45, 2.75) is 45.3 Å². The number of carbonyl (C=O) groups excluding carboxylic acids is 2. The summed E-state index contributed by atoms with van der Waals surface area (Å²) in [6, 6.07) is 10.6. The zero-order valence-electron chi connectivity index (χ0n) is 17.8. The van der Waals surface area contributed by atoms with Crippen LogP contribution >= 0.6 is 0 Å². The minimum atomic E-state index is -0.159. The van der Waals surface area contributed by atoms with Crippen LogP contribution in [0.1, 0.15) is 32.3 Å². The maximum absolute atomic E-state index is 12.7. The molecule has 1 atom stereocenters. The lowest BCUT2D eigenvalue weighted by atomic mass is 10.0. The smallest absolute Gasteiger partial charge is 0.317 e. The molecule has 160 valence electrons. The van der Waals surface area contributed by atoms with Gasteiger partial charge in [0.15, 0.2) is 0 Å². The van der Waals surface area contributed by atoms with Gasteiger partial charge in [-0.2, -0.15) is 0 Å². The zero-order chi connectivity index (χ0) is 20.6. The summed E-state index contributed by atoms with van der Waals surface area (Å²) in [4.78, 5) is 31.1. The average molecular weight is 402 g/mol. The summed E-state index contributed by atoms with van der Waals surface area (Å²) in [6.07, 6.45) is 1.99. The Morgan fingerprint density at radius 3 is 2.31 bits per heavy atom. The molecule has 2 heterocycles. The van der Waals surface area contributed by atoms with Crippen LogP contribution in [0.5, 0.6) is 0 Å². The van der Waals surface area contributed by atoms with E-state index in [1.807, 2.05) is 24.8 Å². The maximum Gasteiger partial charge on any atom is 0.317 e. The first-order chi connectivity index (χ1) is 14.1. The Labute approximate surface area is 174 Å². The molecule has 0 aliphatic carbocycles. The van der Waals surface area contributed by atoms with E-state index in [-0.39, 0.29) is 24.0 Å². The lowest BCUT2D eigenvalue weighted by Gasteiger charge is -2.38. The first-order valence-electron chi connectivity index (χ1n) is 10.9. The molecule has 1 aromatic carbocycles. The van der Waals surface area contributed by atoms with Gasteiger partial charge in [0.1, 0.15) is 0 Å². The summed E-state index contributed by atoms with van der Waals surface area (Å²) >= 11 is 0. The number of rotatable bonds is 6. The third-order valence-electron chi connectivity index (χ3n) is 6.04. The van der Waals surface area contributed by atoms with E-state index < -0.39 is 0 Å². The van der Waals surface area contributed by atoms with Gasteiger partial charge in [-0.25, -0.2) is 4.79 Å². The molecule has 1 unspecified atom stereocenters. The predicted octanol–water partition coefficient (Wildman–Crippen LogP) is 1.50. The van der Waals surface area contributed by atoms with E-state index in [0.717, 1.165) is 45.6 Å². The molecule has 3 amide bonds. The molecule has 2 N–H and O–H groups in total. The Balaban J connectivity index is 1.38. The normalized spacial score (nSPS) is 20.3. The van der Waals surface area contributed by atoms with Crippen LogP contribution in [0.4, 0.5) is 4.79 Å². The van der Waals surface area contributed by atoms with Gasteiger partial charge >= 0.3 is 6.03 Å². The quantitative estimate of drug-likeness (QED) is 0.758. The van der Waals surface area contributed by atoms with Crippen LogP contribution in [0.3, 0.4) is 0 Å². The Morgan fingerprint density at radius 2 is 1.69 bits per heavy atom. The van der Waals surface area contributed by atoms with Crippen molar-refractivity contribution in [2.75, 3.05) is 45.8 Å². The van der Waals surface area contributed by atoms with Crippen LogP contribution in [-0.4, -0.2) is 84.5 Å². The Kier molecular flexibility index (Phi) is 7.89.